The van der Waals surface area contributed by atoms with E-state index in [1.54, 1.807) is 13.8 Å². The number of rotatable bonds is 6. The van der Waals surface area contributed by atoms with E-state index in [1.807, 2.05) is 13.8 Å². The predicted octanol–water partition coefficient (Wildman–Crippen LogP) is 0.828. The number of nitrogens with zero attached hydrogens (tertiary/aromatic N) is 1. The average Bonchev–Trinajstić information content (AvgIpc) is 2.77. The molecule has 0 aromatic carbocycles. The van der Waals surface area contributed by atoms with Crippen molar-refractivity contribution >= 4 is 10.0 Å². The lowest BCUT2D eigenvalue weighted by atomic mass is 10.1. The zero-order valence-corrected chi connectivity index (χ0v) is 12.0. The Kier molecular flexibility index (Phi) is 4.89. The Hall–Kier alpha value is -0.920. The second kappa shape index (κ2) is 5.81. The summed E-state index contributed by atoms with van der Waals surface area (Å²) >= 11 is 0. The van der Waals surface area contributed by atoms with Crippen LogP contribution in [-0.2, 0) is 10.0 Å². The highest BCUT2D eigenvalue weighted by molar-refractivity contribution is 7.89. The largest absolute Gasteiger partial charge is 0.396 e. The molecule has 1 aromatic heterocycles. The van der Waals surface area contributed by atoms with Crippen molar-refractivity contribution in [3.63, 3.8) is 0 Å². The summed E-state index contributed by atoms with van der Waals surface area (Å²) in [5.74, 6) is 0.633. The normalized spacial score (nSPS) is 15.9. The van der Waals surface area contributed by atoms with Gasteiger partial charge in [-0.25, -0.2) is 18.1 Å². The molecule has 1 heterocycles. The number of nitrogens with one attached hydrogen (secondary N) is 2. The molecule has 1 aromatic rings. The van der Waals surface area contributed by atoms with Gasteiger partial charge in [-0.3, -0.25) is 0 Å². The molecule has 0 bridgehead atoms. The van der Waals surface area contributed by atoms with Gasteiger partial charge < -0.3 is 10.1 Å². The molecule has 0 aliphatic heterocycles. The smallest absolute Gasteiger partial charge is 0.257 e. The van der Waals surface area contributed by atoms with Gasteiger partial charge in [0, 0.05) is 18.6 Å². The van der Waals surface area contributed by atoms with Crippen molar-refractivity contribution in [3.8, 4) is 0 Å². The Labute approximate surface area is 108 Å². The lowest BCUT2D eigenvalue weighted by Gasteiger charge is -2.18. The topological polar surface area (TPSA) is 95.1 Å². The number of aromatic nitrogens is 2. The summed E-state index contributed by atoms with van der Waals surface area (Å²) in [4.78, 5) is 6.82. The van der Waals surface area contributed by atoms with Crippen LogP contribution < -0.4 is 4.72 Å². The maximum absolute atomic E-state index is 12.0. The van der Waals surface area contributed by atoms with Gasteiger partial charge in [0.2, 0.25) is 0 Å². The molecule has 2 unspecified atom stereocenters. The molecule has 104 valence electrons. The highest BCUT2D eigenvalue weighted by Crippen LogP contribution is 2.14. The molecule has 0 amide bonds. The third kappa shape index (κ3) is 3.54. The number of aliphatic hydroxyl groups excluding tert-OH is 1. The quantitative estimate of drug-likeness (QED) is 0.716. The standard InChI is InChI=1S/C11H21N3O3S/c1-7(2)11-12-5-10(13-11)18(16,17)14-9(4)8(3)6-15/h5,7-9,14-15H,6H2,1-4H3,(H,12,13). The van der Waals surface area contributed by atoms with Crippen molar-refractivity contribution in [3.05, 3.63) is 12.0 Å². The molecule has 3 N–H and O–H groups in total. The zero-order valence-electron chi connectivity index (χ0n) is 11.1. The fraction of sp³-hybridized carbons (Fsp3) is 0.727. The molecule has 0 fully saturated rings. The van der Waals surface area contributed by atoms with Gasteiger partial charge in [0.15, 0.2) is 5.03 Å². The van der Waals surface area contributed by atoms with Gasteiger partial charge >= 0.3 is 0 Å². The number of imidazole rings is 1. The van der Waals surface area contributed by atoms with Crippen LogP contribution in [0.5, 0.6) is 0 Å². The van der Waals surface area contributed by atoms with E-state index in [2.05, 4.69) is 14.7 Å². The van der Waals surface area contributed by atoms with Crippen molar-refractivity contribution in [2.75, 3.05) is 6.61 Å². The SMILES string of the molecule is CC(C)c1ncc(S(=O)(=O)NC(C)C(C)CO)[nH]1. The molecule has 0 saturated carbocycles. The van der Waals surface area contributed by atoms with Gasteiger partial charge in [-0.1, -0.05) is 20.8 Å². The van der Waals surface area contributed by atoms with Crippen molar-refractivity contribution in [1.29, 1.82) is 0 Å². The van der Waals surface area contributed by atoms with Crippen molar-refractivity contribution < 1.29 is 13.5 Å². The molecule has 0 saturated heterocycles. The minimum Gasteiger partial charge on any atom is -0.396 e. The van der Waals surface area contributed by atoms with E-state index in [1.165, 1.54) is 6.20 Å². The van der Waals surface area contributed by atoms with E-state index in [0.29, 0.717) is 5.82 Å². The highest BCUT2D eigenvalue weighted by Gasteiger charge is 2.23. The van der Waals surface area contributed by atoms with Crippen molar-refractivity contribution in [1.82, 2.24) is 14.7 Å². The molecule has 18 heavy (non-hydrogen) atoms. The molecular formula is C11H21N3O3S. The molecule has 7 heteroatoms. The highest BCUT2D eigenvalue weighted by atomic mass is 32.2. The first-order chi connectivity index (χ1) is 8.27. The minimum absolute atomic E-state index is 0.0585. The van der Waals surface area contributed by atoms with Gasteiger partial charge in [0.1, 0.15) is 5.82 Å². The Morgan fingerprint density at radius 3 is 2.44 bits per heavy atom. The van der Waals surface area contributed by atoms with Gasteiger partial charge in [0.25, 0.3) is 10.0 Å². The lowest BCUT2D eigenvalue weighted by molar-refractivity contribution is 0.216. The average molecular weight is 275 g/mol. The van der Waals surface area contributed by atoms with E-state index in [9.17, 15) is 8.42 Å². The monoisotopic (exact) mass is 275 g/mol. The van der Waals surface area contributed by atoms with E-state index in [-0.39, 0.29) is 29.5 Å². The van der Waals surface area contributed by atoms with E-state index in [0.717, 1.165) is 0 Å². The van der Waals surface area contributed by atoms with Crippen LogP contribution in [0, 0.1) is 5.92 Å². The predicted molar refractivity (Wildman–Crippen MR) is 68.7 cm³/mol. The van der Waals surface area contributed by atoms with Crippen LogP contribution in [0.15, 0.2) is 11.2 Å². The Morgan fingerprint density at radius 2 is 2.00 bits per heavy atom. The number of aromatic amines is 1. The summed E-state index contributed by atoms with van der Waals surface area (Å²) in [6.45, 7) is 7.29. The van der Waals surface area contributed by atoms with Crippen molar-refractivity contribution in [2.45, 2.75) is 44.7 Å². The van der Waals surface area contributed by atoms with Crippen molar-refractivity contribution in [2.24, 2.45) is 5.92 Å². The van der Waals surface area contributed by atoms with Crippen LogP contribution in [0.4, 0.5) is 0 Å². The number of H-pyrrole nitrogens is 1. The van der Waals surface area contributed by atoms with E-state index in [4.69, 9.17) is 5.11 Å². The second-order valence-corrected chi connectivity index (χ2v) is 6.54. The molecule has 0 aliphatic rings. The Morgan fingerprint density at radius 1 is 1.39 bits per heavy atom. The third-order valence-corrected chi connectivity index (χ3v) is 4.36. The minimum atomic E-state index is -3.61. The summed E-state index contributed by atoms with van der Waals surface area (Å²) in [6, 6.07) is -0.342. The molecule has 0 spiro atoms. The lowest BCUT2D eigenvalue weighted by Crippen LogP contribution is -2.38. The molecule has 6 nitrogen and oxygen atoms in total. The van der Waals surface area contributed by atoms with Gasteiger partial charge in [0.05, 0.1) is 6.20 Å². The summed E-state index contributed by atoms with van der Waals surface area (Å²) in [6.07, 6.45) is 1.31. The van der Waals surface area contributed by atoms with Crippen LogP contribution in [0.3, 0.4) is 0 Å². The van der Waals surface area contributed by atoms with E-state index < -0.39 is 10.0 Å². The van der Waals surface area contributed by atoms with Crippen LogP contribution in [0.2, 0.25) is 0 Å². The summed E-state index contributed by atoms with van der Waals surface area (Å²) in [5.41, 5.74) is 0. The fourth-order valence-electron chi connectivity index (χ4n) is 1.33. The Bertz CT molecular complexity index is 481. The number of hydrogen-bond acceptors (Lipinski definition) is 4. The maximum Gasteiger partial charge on any atom is 0.257 e. The molecule has 0 radical (unpaired) electrons. The first-order valence-corrected chi connectivity index (χ1v) is 7.44. The molecule has 2 atom stereocenters. The van der Waals surface area contributed by atoms with Gasteiger partial charge in [-0.2, -0.15) is 0 Å². The van der Waals surface area contributed by atoms with Crippen LogP contribution in [-0.4, -0.2) is 36.1 Å². The first kappa shape index (κ1) is 15.1. The number of hydrogen-bond donors (Lipinski definition) is 3. The second-order valence-electron chi connectivity index (χ2n) is 4.86. The number of aliphatic hydroxyl groups is 1. The zero-order chi connectivity index (χ0) is 13.9. The third-order valence-electron chi connectivity index (χ3n) is 2.89. The van der Waals surface area contributed by atoms with Crippen LogP contribution in [0.1, 0.15) is 39.4 Å². The summed E-state index contributed by atoms with van der Waals surface area (Å²) < 4.78 is 26.6. The first-order valence-electron chi connectivity index (χ1n) is 5.96. The summed E-state index contributed by atoms with van der Waals surface area (Å²) in [7, 11) is -3.61. The molecular weight excluding hydrogens is 254 g/mol. The Balaban J connectivity index is 2.86. The van der Waals surface area contributed by atoms with Gasteiger partial charge in [-0.15, -0.1) is 0 Å². The summed E-state index contributed by atoms with van der Waals surface area (Å²) in [5, 5.41) is 9.05. The molecule has 0 aliphatic carbocycles. The fourth-order valence-corrected chi connectivity index (χ4v) is 2.61. The van der Waals surface area contributed by atoms with E-state index >= 15 is 0 Å². The van der Waals surface area contributed by atoms with Crippen LogP contribution in [0.25, 0.3) is 0 Å². The van der Waals surface area contributed by atoms with Gasteiger partial charge in [-0.05, 0) is 12.8 Å². The maximum atomic E-state index is 12.0. The number of sulfonamides is 1. The van der Waals surface area contributed by atoms with Crippen LogP contribution >= 0.6 is 0 Å². The molecule has 1 rings (SSSR count).